The Morgan fingerprint density at radius 2 is 1.78 bits per heavy atom. The number of phenols is 2. The lowest BCUT2D eigenvalue weighted by Crippen LogP contribution is -2.34. The van der Waals surface area contributed by atoms with Gasteiger partial charge in [-0.1, -0.05) is 30.3 Å². The molecule has 0 saturated carbocycles. The average molecular weight is 380 g/mol. The van der Waals surface area contributed by atoms with E-state index in [0.717, 1.165) is 19.4 Å². The molecule has 0 amide bonds. The molecule has 0 aromatic heterocycles. The predicted molar refractivity (Wildman–Crippen MR) is 96.7 cm³/mol. The minimum absolute atomic E-state index is 0. The summed E-state index contributed by atoms with van der Waals surface area (Å²) >= 11 is 0. The van der Waals surface area contributed by atoms with Crippen LogP contribution in [0.15, 0.2) is 48.5 Å². The highest BCUT2D eigenvalue weighted by molar-refractivity contribution is 8.93. The van der Waals surface area contributed by atoms with E-state index < -0.39 is 0 Å². The quantitative estimate of drug-likeness (QED) is 0.391. The number of hydrogen-bond donors (Lipinski definition) is 3. The van der Waals surface area contributed by atoms with E-state index in [1.165, 1.54) is 23.8 Å². The summed E-state index contributed by atoms with van der Waals surface area (Å²) in [4.78, 5) is 12.2. The zero-order valence-corrected chi connectivity index (χ0v) is 14.7. The Balaban J connectivity index is 0.00000264. The maximum Gasteiger partial charge on any atom is 0.179 e. The van der Waals surface area contributed by atoms with Crippen LogP contribution in [0, 0.1) is 0 Å². The van der Waals surface area contributed by atoms with Gasteiger partial charge in [0.2, 0.25) is 0 Å². The molecule has 2 aromatic carbocycles. The third-order valence-corrected chi connectivity index (χ3v) is 3.59. The summed E-state index contributed by atoms with van der Waals surface area (Å²) in [5.41, 5.74) is 1.67. The van der Waals surface area contributed by atoms with E-state index in [9.17, 15) is 15.0 Å². The van der Waals surface area contributed by atoms with E-state index in [4.69, 9.17) is 0 Å². The van der Waals surface area contributed by atoms with Crippen molar-refractivity contribution < 1.29 is 15.0 Å². The maximum atomic E-state index is 12.2. The van der Waals surface area contributed by atoms with Gasteiger partial charge in [0.25, 0.3) is 0 Å². The van der Waals surface area contributed by atoms with Gasteiger partial charge in [0.05, 0.1) is 6.04 Å². The first-order valence-corrected chi connectivity index (χ1v) is 7.41. The van der Waals surface area contributed by atoms with E-state index in [2.05, 4.69) is 17.4 Å². The van der Waals surface area contributed by atoms with Gasteiger partial charge in [-0.3, -0.25) is 4.79 Å². The highest BCUT2D eigenvalue weighted by Crippen LogP contribution is 2.25. The number of carbonyl (C=O) groups is 1. The molecule has 5 heteroatoms. The zero-order chi connectivity index (χ0) is 15.9. The van der Waals surface area contributed by atoms with Crippen LogP contribution in [0.25, 0.3) is 0 Å². The minimum Gasteiger partial charge on any atom is -0.504 e. The molecule has 2 aromatic rings. The molecule has 0 fully saturated rings. The van der Waals surface area contributed by atoms with Crippen molar-refractivity contribution in [3.05, 3.63) is 59.7 Å². The Morgan fingerprint density at radius 1 is 1.09 bits per heavy atom. The summed E-state index contributed by atoms with van der Waals surface area (Å²) in [7, 11) is 0. The average Bonchev–Trinajstić information content (AvgIpc) is 2.54. The van der Waals surface area contributed by atoms with Crippen molar-refractivity contribution in [1.82, 2.24) is 5.32 Å². The van der Waals surface area contributed by atoms with Crippen LogP contribution in [0.2, 0.25) is 0 Å². The van der Waals surface area contributed by atoms with Crippen LogP contribution < -0.4 is 5.32 Å². The number of Topliss-reactive ketones (excluding diaryl/α,β-unsaturated/α-hetero) is 1. The Morgan fingerprint density at radius 3 is 2.43 bits per heavy atom. The molecular weight excluding hydrogens is 358 g/mol. The maximum absolute atomic E-state index is 12.2. The van der Waals surface area contributed by atoms with Gasteiger partial charge >= 0.3 is 0 Å². The number of carbonyl (C=O) groups excluding carboxylic acids is 1. The number of rotatable bonds is 7. The number of hydrogen-bond acceptors (Lipinski definition) is 4. The largest absolute Gasteiger partial charge is 0.504 e. The molecule has 0 aliphatic heterocycles. The molecule has 0 spiro atoms. The van der Waals surface area contributed by atoms with Crippen LogP contribution in [0.1, 0.15) is 29.3 Å². The monoisotopic (exact) mass is 379 g/mol. The lowest BCUT2D eigenvalue weighted by atomic mass is 10.0. The fourth-order valence-electron chi connectivity index (χ4n) is 2.28. The van der Waals surface area contributed by atoms with Gasteiger partial charge in [0.15, 0.2) is 17.3 Å². The highest BCUT2D eigenvalue weighted by atomic mass is 79.9. The molecule has 2 rings (SSSR count). The molecule has 0 radical (unpaired) electrons. The number of ketones is 1. The van der Waals surface area contributed by atoms with Gasteiger partial charge in [-0.15, -0.1) is 17.0 Å². The van der Waals surface area contributed by atoms with Gasteiger partial charge < -0.3 is 15.5 Å². The molecule has 23 heavy (non-hydrogen) atoms. The van der Waals surface area contributed by atoms with Crippen molar-refractivity contribution in [3.8, 4) is 11.5 Å². The van der Waals surface area contributed by atoms with Crippen LogP contribution in [0.3, 0.4) is 0 Å². The summed E-state index contributed by atoms with van der Waals surface area (Å²) < 4.78 is 0. The van der Waals surface area contributed by atoms with Crippen molar-refractivity contribution in [2.75, 3.05) is 6.54 Å². The van der Waals surface area contributed by atoms with Gasteiger partial charge in [-0.05, 0) is 50.1 Å². The third-order valence-electron chi connectivity index (χ3n) is 3.59. The fourth-order valence-corrected chi connectivity index (χ4v) is 2.28. The Bertz CT molecular complexity index is 631. The topological polar surface area (TPSA) is 69.6 Å². The van der Waals surface area contributed by atoms with Gasteiger partial charge in [0, 0.05) is 5.56 Å². The summed E-state index contributed by atoms with van der Waals surface area (Å²) in [6.07, 6.45) is 1.91. The molecule has 0 aliphatic rings. The van der Waals surface area contributed by atoms with Crippen molar-refractivity contribution in [2.24, 2.45) is 0 Å². The first-order chi connectivity index (χ1) is 10.6. The number of benzene rings is 2. The molecule has 0 saturated heterocycles. The molecule has 1 atom stereocenters. The lowest BCUT2D eigenvalue weighted by molar-refractivity contribution is 0.0950. The van der Waals surface area contributed by atoms with Gasteiger partial charge in [-0.2, -0.15) is 0 Å². The summed E-state index contributed by atoms with van der Waals surface area (Å²) in [5.74, 6) is -0.600. The van der Waals surface area contributed by atoms with Crippen molar-refractivity contribution in [3.63, 3.8) is 0 Å². The Kier molecular flexibility index (Phi) is 7.78. The van der Waals surface area contributed by atoms with E-state index >= 15 is 0 Å². The fraction of sp³-hybridized carbons (Fsp3) is 0.278. The Labute approximate surface area is 146 Å². The number of halogens is 1. The Hall–Kier alpha value is -1.85. The zero-order valence-electron chi connectivity index (χ0n) is 13.0. The summed E-state index contributed by atoms with van der Waals surface area (Å²) in [5, 5.41) is 21.9. The van der Waals surface area contributed by atoms with Crippen LogP contribution in [-0.4, -0.2) is 28.6 Å². The number of aromatic hydroxyl groups is 2. The third kappa shape index (κ3) is 5.69. The van der Waals surface area contributed by atoms with Crippen LogP contribution in [0.4, 0.5) is 0 Å². The van der Waals surface area contributed by atoms with E-state index in [-0.39, 0.29) is 40.3 Å². The molecule has 0 aliphatic carbocycles. The normalized spacial score (nSPS) is 11.5. The second-order valence-electron chi connectivity index (χ2n) is 5.33. The molecule has 4 nitrogen and oxygen atoms in total. The van der Waals surface area contributed by atoms with Crippen molar-refractivity contribution in [1.29, 1.82) is 0 Å². The van der Waals surface area contributed by atoms with Crippen molar-refractivity contribution >= 4 is 22.8 Å². The van der Waals surface area contributed by atoms with E-state index in [0.29, 0.717) is 5.56 Å². The molecule has 3 N–H and O–H groups in total. The summed E-state index contributed by atoms with van der Waals surface area (Å²) in [6, 6.07) is 14.0. The molecule has 124 valence electrons. The van der Waals surface area contributed by atoms with E-state index in [1.807, 2.05) is 18.2 Å². The number of nitrogens with one attached hydrogen (secondary N) is 1. The van der Waals surface area contributed by atoms with Crippen LogP contribution in [0.5, 0.6) is 11.5 Å². The number of aryl methyl sites for hydroxylation is 1. The standard InChI is InChI=1S/C18H21NO3.BrH/c1-13(18(22)15-9-10-16(20)17(21)12-15)19-11-5-8-14-6-3-2-4-7-14;/h2-4,6-7,9-10,12-13,19-21H,5,8,11H2,1H3;1H. The smallest absolute Gasteiger partial charge is 0.179 e. The minimum atomic E-state index is -0.334. The number of phenolic OH excluding ortho intramolecular Hbond substituents is 2. The van der Waals surface area contributed by atoms with Crippen LogP contribution >= 0.6 is 17.0 Å². The summed E-state index contributed by atoms with van der Waals surface area (Å²) in [6.45, 7) is 2.54. The van der Waals surface area contributed by atoms with Crippen molar-refractivity contribution in [2.45, 2.75) is 25.8 Å². The first kappa shape index (κ1) is 19.2. The second kappa shape index (κ2) is 9.33. The SMILES string of the molecule is Br.CC(NCCCc1ccccc1)C(=O)c1ccc(O)c(O)c1. The highest BCUT2D eigenvalue weighted by Gasteiger charge is 2.15. The van der Waals surface area contributed by atoms with Gasteiger partial charge in [-0.25, -0.2) is 0 Å². The van der Waals surface area contributed by atoms with E-state index in [1.54, 1.807) is 6.92 Å². The first-order valence-electron chi connectivity index (χ1n) is 7.41. The molecule has 1 unspecified atom stereocenters. The lowest BCUT2D eigenvalue weighted by Gasteiger charge is -2.13. The molecular formula is C18H22BrNO3. The molecule has 0 heterocycles. The molecule has 0 bridgehead atoms. The second-order valence-corrected chi connectivity index (χ2v) is 5.33. The van der Waals surface area contributed by atoms with Gasteiger partial charge in [0.1, 0.15) is 0 Å². The van der Waals surface area contributed by atoms with Crippen LogP contribution in [-0.2, 0) is 6.42 Å². The predicted octanol–water partition coefficient (Wildman–Crippen LogP) is 3.47.